The molecule has 0 aromatic carbocycles. The van der Waals surface area contributed by atoms with Crippen molar-refractivity contribution in [3.63, 3.8) is 0 Å². The average molecular weight is 274 g/mol. The van der Waals surface area contributed by atoms with E-state index < -0.39 is 0 Å². The zero-order chi connectivity index (χ0) is 13.6. The molecule has 2 atom stereocenters. The third-order valence-electron chi connectivity index (χ3n) is 2.98. The quantitative estimate of drug-likeness (QED) is 0.757. The second-order valence-electron chi connectivity index (χ2n) is 5.73. The lowest BCUT2D eigenvalue weighted by molar-refractivity contribution is 0.107. The van der Waals surface area contributed by atoms with Gasteiger partial charge in [0.1, 0.15) is 0 Å². The molecule has 0 aliphatic heterocycles. The Hall–Kier alpha value is -0.420. The number of nitrogens with one attached hydrogen (secondary N) is 2. The van der Waals surface area contributed by atoms with Gasteiger partial charge < -0.3 is 15.4 Å². The van der Waals surface area contributed by atoms with E-state index in [1.807, 2.05) is 11.8 Å². The number of hydrogen-bond donors (Lipinski definition) is 2. The van der Waals surface area contributed by atoms with Crippen LogP contribution in [0.5, 0.6) is 0 Å². The van der Waals surface area contributed by atoms with Gasteiger partial charge in [-0.15, -0.1) is 0 Å². The van der Waals surface area contributed by atoms with Crippen LogP contribution in [0, 0.1) is 0 Å². The van der Waals surface area contributed by atoms with Gasteiger partial charge in [0.05, 0.1) is 6.10 Å². The molecule has 1 saturated carbocycles. The summed E-state index contributed by atoms with van der Waals surface area (Å²) in [6.45, 7) is 7.26. The number of carbonyl (C=O) groups excluding carboxylic acids is 1. The molecule has 0 radical (unpaired) electrons. The fourth-order valence-corrected chi connectivity index (χ4v) is 2.86. The predicted octanol–water partition coefficient (Wildman–Crippen LogP) is 2.38. The zero-order valence-corrected chi connectivity index (χ0v) is 12.7. The molecule has 1 aliphatic rings. The van der Waals surface area contributed by atoms with Gasteiger partial charge in [0.2, 0.25) is 0 Å². The van der Waals surface area contributed by atoms with Crippen LogP contribution >= 0.6 is 11.8 Å². The Balaban J connectivity index is 2.08. The maximum Gasteiger partial charge on any atom is 0.315 e. The van der Waals surface area contributed by atoms with Gasteiger partial charge in [-0.25, -0.2) is 4.79 Å². The third kappa shape index (κ3) is 6.50. The molecule has 5 heteroatoms. The van der Waals surface area contributed by atoms with Gasteiger partial charge in [-0.2, -0.15) is 11.8 Å². The fraction of sp³-hybridized carbons (Fsp3) is 0.923. The van der Waals surface area contributed by atoms with Crippen LogP contribution in [0.3, 0.4) is 0 Å². The van der Waals surface area contributed by atoms with Crippen molar-refractivity contribution in [2.24, 2.45) is 0 Å². The van der Waals surface area contributed by atoms with E-state index in [2.05, 4.69) is 31.4 Å². The number of rotatable bonds is 5. The second-order valence-corrected chi connectivity index (χ2v) is 7.65. The van der Waals surface area contributed by atoms with Gasteiger partial charge in [0.25, 0.3) is 0 Å². The minimum atomic E-state index is -0.0498. The molecule has 1 aliphatic carbocycles. The van der Waals surface area contributed by atoms with Gasteiger partial charge in [-0.3, -0.25) is 0 Å². The molecule has 0 aromatic rings. The van der Waals surface area contributed by atoms with Crippen molar-refractivity contribution in [3.8, 4) is 0 Å². The zero-order valence-electron chi connectivity index (χ0n) is 11.9. The summed E-state index contributed by atoms with van der Waals surface area (Å²) >= 11 is 1.86. The highest BCUT2D eigenvalue weighted by molar-refractivity contribution is 8.00. The second kappa shape index (κ2) is 7.24. The van der Waals surface area contributed by atoms with E-state index in [0.29, 0.717) is 12.6 Å². The molecule has 0 unspecified atom stereocenters. The minimum absolute atomic E-state index is 0.0498. The molecule has 0 saturated heterocycles. The topological polar surface area (TPSA) is 50.4 Å². The van der Waals surface area contributed by atoms with E-state index in [9.17, 15) is 4.79 Å². The first-order valence-corrected chi connectivity index (χ1v) is 7.60. The summed E-state index contributed by atoms with van der Waals surface area (Å²) in [7, 11) is 1.73. The lowest BCUT2D eigenvalue weighted by Gasteiger charge is -2.18. The molecular weight excluding hydrogens is 248 g/mol. The first-order chi connectivity index (χ1) is 8.40. The monoisotopic (exact) mass is 274 g/mol. The highest BCUT2D eigenvalue weighted by Gasteiger charge is 2.25. The Morgan fingerprint density at radius 2 is 2.11 bits per heavy atom. The normalized spacial score (nSPS) is 24.0. The first-order valence-electron chi connectivity index (χ1n) is 6.62. The van der Waals surface area contributed by atoms with Gasteiger partial charge in [0, 0.05) is 30.2 Å². The number of carbonyl (C=O) groups is 1. The maximum absolute atomic E-state index is 11.6. The van der Waals surface area contributed by atoms with Gasteiger partial charge >= 0.3 is 6.03 Å². The van der Waals surface area contributed by atoms with Crippen molar-refractivity contribution < 1.29 is 9.53 Å². The molecule has 18 heavy (non-hydrogen) atoms. The molecule has 106 valence electrons. The average Bonchev–Trinajstić information content (AvgIpc) is 2.71. The van der Waals surface area contributed by atoms with Crippen molar-refractivity contribution >= 4 is 17.8 Å². The van der Waals surface area contributed by atoms with Crippen molar-refractivity contribution in [2.75, 3.05) is 19.4 Å². The highest BCUT2D eigenvalue weighted by atomic mass is 32.2. The van der Waals surface area contributed by atoms with Crippen molar-refractivity contribution in [2.45, 2.75) is 56.9 Å². The Morgan fingerprint density at radius 1 is 1.39 bits per heavy atom. The molecule has 2 amide bonds. The summed E-state index contributed by atoms with van der Waals surface area (Å²) < 4.78 is 5.54. The number of hydrogen-bond acceptors (Lipinski definition) is 3. The Bertz CT molecular complexity index is 266. The van der Waals surface area contributed by atoms with Gasteiger partial charge in [-0.1, -0.05) is 20.8 Å². The number of ether oxygens (including phenoxy) is 1. The predicted molar refractivity (Wildman–Crippen MR) is 77.2 cm³/mol. The molecule has 0 bridgehead atoms. The SMILES string of the molecule is CO[C@H]1CC[C@H](NC(=O)NCCSC(C)(C)C)C1. The van der Waals surface area contributed by atoms with E-state index >= 15 is 0 Å². The van der Waals surface area contributed by atoms with Crippen molar-refractivity contribution in [1.82, 2.24) is 10.6 Å². The summed E-state index contributed by atoms with van der Waals surface area (Å²) in [6, 6.07) is 0.219. The summed E-state index contributed by atoms with van der Waals surface area (Å²) in [5, 5.41) is 5.90. The van der Waals surface area contributed by atoms with Crippen LogP contribution in [-0.4, -0.2) is 42.3 Å². The summed E-state index contributed by atoms with van der Waals surface area (Å²) in [4.78, 5) is 11.6. The minimum Gasteiger partial charge on any atom is -0.381 e. The number of methoxy groups -OCH3 is 1. The lowest BCUT2D eigenvalue weighted by atomic mass is 10.2. The lowest BCUT2D eigenvalue weighted by Crippen LogP contribution is -2.42. The molecule has 1 fully saturated rings. The van der Waals surface area contributed by atoms with E-state index in [0.717, 1.165) is 25.0 Å². The van der Waals surface area contributed by atoms with E-state index in [1.165, 1.54) is 0 Å². The maximum atomic E-state index is 11.6. The van der Waals surface area contributed by atoms with Crippen LogP contribution < -0.4 is 10.6 Å². The fourth-order valence-electron chi connectivity index (χ4n) is 2.04. The molecule has 0 spiro atoms. The van der Waals surface area contributed by atoms with Crippen LogP contribution in [0.1, 0.15) is 40.0 Å². The summed E-state index contributed by atoms with van der Waals surface area (Å²) in [5.74, 6) is 0.947. The smallest absolute Gasteiger partial charge is 0.315 e. The van der Waals surface area contributed by atoms with E-state index in [1.54, 1.807) is 7.11 Å². The summed E-state index contributed by atoms with van der Waals surface area (Å²) in [5.41, 5.74) is 0. The Labute approximate surface area is 115 Å². The number of thioether (sulfide) groups is 1. The van der Waals surface area contributed by atoms with E-state index in [-0.39, 0.29) is 16.8 Å². The molecule has 0 aromatic heterocycles. The highest BCUT2D eigenvalue weighted by Crippen LogP contribution is 2.22. The Morgan fingerprint density at radius 3 is 2.67 bits per heavy atom. The molecule has 4 nitrogen and oxygen atoms in total. The van der Waals surface area contributed by atoms with E-state index in [4.69, 9.17) is 4.74 Å². The van der Waals surface area contributed by atoms with Crippen LogP contribution in [0.15, 0.2) is 0 Å². The molecule has 2 N–H and O–H groups in total. The number of amides is 2. The molecule has 1 rings (SSSR count). The van der Waals surface area contributed by atoms with Crippen LogP contribution in [0.2, 0.25) is 0 Å². The third-order valence-corrected chi connectivity index (χ3v) is 4.25. The number of urea groups is 1. The van der Waals surface area contributed by atoms with Crippen LogP contribution in [0.25, 0.3) is 0 Å². The Kier molecular flexibility index (Phi) is 6.29. The molecule has 0 heterocycles. The standard InChI is InChI=1S/C13H26N2O2S/c1-13(2,3)18-8-7-14-12(16)15-10-5-6-11(9-10)17-4/h10-11H,5-9H2,1-4H3,(H2,14,15,16)/t10-,11-/m0/s1. The van der Waals surface area contributed by atoms with Gasteiger partial charge in [-0.05, 0) is 19.3 Å². The summed E-state index contributed by atoms with van der Waals surface area (Å²) in [6.07, 6.45) is 3.30. The van der Waals surface area contributed by atoms with Gasteiger partial charge in [0.15, 0.2) is 0 Å². The largest absolute Gasteiger partial charge is 0.381 e. The van der Waals surface area contributed by atoms with Crippen LogP contribution in [-0.2, 0) is 4.74 Å². The van der Waals surface area contributed by atoms with Crippen molar-refractivity contribution in [3.05, 3.63) is 0 Å². The first kappa shape index (κ1) is 15.6. The molecular formula is C13H26N2O2S. The van der Waals surface area contributed by atoms with Crippen LogP contribution in [0.4, 0.5) is 4.79 Å². The van der Waals surface area contributed by atoms with Crippen molar-refractivity contribution in [1.29, 1.82) is 0 Å².